The molecule has 2 amide bonds. The van der Waals surface area contributed by atoms with Gasteiger partial charge in [-0.1, -0.05) is 12.8 Å². The topological polar surface area (TPSA) is 59.0 Å². The first kappa shape index (κ1) is 11.0. The van der Waals surface area contributed by atoms with Gasteiger partial charge in [0.05, 0.1) is 0 Å². The van der Waals surface area contributed by atoms with Crippen molar-refractivity contribution in [1.29, 1.82) is 0 Å². The van der Waals surface area contributed by atoms with Crippen LogP contribution >= 0.6 is 0 Å². The molecule has 0 saturated heterocycles. The van der Waals surface area contributed by atoms with Gasteiger partial charge in [0.15, 0.2) is 5.82 Å². The third-order valence-electron chi connectivity index (χ3n) is 3.05. The van der Waals surface area contributed by atoms with E-state index in [9.17, 15) is 4.79 Å². The van der Waals surface area contributed by atoms with Crippen molar-refractivity contribution in [3.8, 4) is 0 Å². The van der Waals surface area contributed by atoms with Crippen LogP contribution in [-0.4, -0.2) is 21.9 Å². The lowest BCUT2D eigenvalue weighted by atomic mass is 10.2. The lowest BCUT2D eigenvalue weighted by molar-refractivity contribution is 0.248. The maximum Gasteiger partial charge on any atom is 0.320 e. The summed E-state index contributed by atoms with van der Waals surface area (Å²) in [7, 11) is 1.86. The lowest BCUT2D eigenvalue weighted by Gasteiger charge is -2.11. The molecular formula is C11H18N4O. The van der Waals surface area contributed by atoms with Crippen molar-refractivity contribution in [3.63, 3.8) is 0 Å². The molecule has 1 aliphatic carbocycles. The molecule has 1 aromatic heterocycles. The highest BCUT2D eigenvalue weighted by Crippen LogP contribution is 2.17. The van der Waals surface area contributed by atoms with Gasteiger partial charge in [0.2, 0.25) is 0 Å². The van der Waals surface area contributed by atoms with Gasteiger partial charge in [0.25, 0.3) is 0 Å². The van der Waals surface area contributed by atoms with Crippen molar-refractivity contribution in [2.75, 3.05) is 5.32 Å². The first-order valence-electron chi connectivity index (χ1n) is 5.73. The van der Waals surface area contributed by atoms with Gasteiger partial charge < -0.3 is 5.32 Å². The van der Waals surface area contributed by atoms with Crippen LogP contribution in [0, 0.1) is 6.92 Å². The first-order valence-corrected chi connectivity index (χ1v) is 5.73. The summed E-state index contributed by atoms with van der Waals surface area (Å²) in [5.74, 6) is 0.607. The van der Waals surface area contributed by atoms with Gasteiger partial charge in [-0.25, -0.2) is 4.79 Å². The summed E-state index contributed by atoms with van der Waals surface area (Å²) in [6.07, 6.45) is 4.62. The fourth-order valence-electron chi connectivity index (χ4n) is 2.03. The minimum absolute atomic E-state index is 0.148. The Hall–Kier alpha value is -1.52. The van der Waals surface area contributed by atoms with Crippen LogP contribution in [0.5, 0.6) is 0 Å². The molecule has 2 N–H and O–H groups in total. The first-order chi connectivity index (χ1) is 7.65. The van der Waals surface area contributed by atoms with Gasteiger partial charge >= 0.3 is 6.03 Å². The van der Waals surface area contributed by atoms with E-state index in [0.29, 0.717) is 11.9 Å². The van der Waals surface area contributed by atoms with Crippen LogP contribution in [0.2, 0.25) is 0 Å². The van der Waals surface area contributed by atoms with Crippen molar-refractivity contribution in [2.24, 2.45) is 7.05 Å². The molecule has 1 saturated carbocycles. The smallest absolute Gasteiger partial charge is 0.320 e. The van der Waals surface area contributed by atoms with Crippen molar-refractivity contribution in [1.82, 2.24) is 15.1 Å². The minimum atomic E-state index is -0.148. The predicted octanol–water partition coefficient (Wildman–Crippen LogP) is 1.79. The van der Waals surface area contributed by atoms with Gasteiger partial charge in [-0.3, -0.25) is 10.00 Å². The maximum atomic E-state index is 11.6. The second-order valence-electron chi connectivity index (χ2n) is 4.37. The molecule has 0 aromatic carbocycles. The zero-order valence-corrected chi connectivity index (χ0v) is 9.79. The lowest BCUT2D eigenvalue weighted by Crippen LogP contribution is -2.36. The molecule has 0 spiro atoms. The Morgan fingerprint density at radius 3 is 2.75 bits per heavy atom. The third kappa shape index (κ3) is 2.53. The summed E-state index contributed by atoms with van der Waals surface area (Å²) in [6, 6.07) is 2.05. The van der Waals surface area contributed by atoms with E-state index in [1.54, 1.807) is 4.68 Å². The quantitative estimate of drug-likeness (QED) is 0.801. The monoisotopic (exact) mass is 222 g/mol. The molecule has 2 rings (SSSR count). The number of nitrogens with one attached hydrogen (secondary N) is 2. The summed E-state index contributed by atoms with van der Waals surface area (Å²) in [4.78, 5) is 11.6. The van der Waals surface area contributed by atoms with Crippen LogP contribution in [-0.2, 0) is 7.05 Å². The molecule has 0 atom stereocenters. The van der Waals surface area contributed by atoms with E-state index in [4.69, 9.17) is 0 Å². The number of carbonyl (C=O) groups is 1. The number of rotatable bonds is 2. The predicted molar refractivity (Wildman–Crippen MR) is 62.4 cm³/mol. The van der Waals surface area contributed by atoms with E-state index in [1.165, 1.54) is 12.8 Å². The van der Waals surface area contributed by atoms with Crippen LogP contribution < -0.4 is 10.6 Å². The van der Waals surface area contributed by atoms with Crippen LogP contribution in [0.25, 0.3) is 0 Å². The number of nitrogens with zero attached hydrogens (tertiary/aromatic N) is 2. The summed E-state index contributed by atoms with van der Waals surface area (Å²) in [6.45, 7) is 1.95. The molecular weight excluding hydrogens is 204 g/mol. The highest BCUT2D eigenvalue weighted by Gasteiger charge is 2.17. The summed E-state index contributed by atoms with van der Waals surface area (Å²) in [5, 5.41) is 9.87. The van der Waals surface area contributed by atoms with Gasteiger partial charge in [-0.05, 0) is 19.8 Å². The fourth-order valence-corrected chi connectivity index (χ4v) is 2.03. The SMILES string of the molecule is Cc1cc(NC(=O)NC2CCCC2)nn1C. The average Bonchev–Trinajstić information content (AvgIpc) is 2.78. The van der Waals surface area contributed by atoms with Crippen molar-refractivity contribution in [2.45, 2.75) is 38.6 Å². The van der Waals surface area contributed by atoms with E-state index >= 15 is 0 Å². The van der Waals surface area contributed by atoms with Crippen LogP contribution in [0.4, 0.5) is 10.6 Å². The van der Waals surface area contributed by atoms with Crippen LogP contribution in [0.1, 0.15) is 31.4 Å². The Kier molecular flexibility index (Phi) is 3.12. The highest BCUT2D eigenvalue weighted by molar-refractivity contribution is 5.88. The van der Waals surface area contributed by atoms with Crippen molar-refractivity contribution in [3.05, 3.63) is 11.8 Å². The Morgan fingerprint density at radius 2 is 2.19 bits per heavy atom. The molecule has 0 radical (unpaired) electrons. The molecule has 5 nitrogen and oxygen atoms in total. The molecule has 16 heavy (non-hydrogen) atoms. The third-order valence-corrected chi connectivity index (χ3v) is 3.05. The zero-order chi connectivity index (χ0) is 11.5. The maximum absolute atomic E-state index is 11.6. The fraction of sp³-hybridized carbons (Fsp3) is 0.636. The molecule has 0 unspecified atom stereocenters. The number of hydrogen-bond acceptors (Lipinski definition) is 2. The number of amides is 2. The number of hydrogen-bond donors (Lipinski definition) is 2. The summed E-state index contributed by atoms with van der Waals surface area (Å²) >= 11 is 0. The number of aryl methyl sites for hydroxylation is 2. The molecule has 88 valence electrons. The zero-order valence-electron chi connectivity index (χ0n) is 9.79. The van der Waals surface area contributed by atoms with Crippen molar-refractivity contribution >= 4 is 11.8 Å². The molecule has 1 fully saturated rings. The second-order valence-corrected chi connectivity index (χ2v) is 4.37. The number of urea groups is 1. The Balaban J connectivity index is 1.86. The molecule has 1 heterocycles. The highest BCUT2D eigenvalue weighted by atomic mass is 16.2. The van der Waals surface area contributed by atoms with E-state index < -0.39 is 0 Å². The second kappa shape index (κ2) is 4.55. The molecule has 5 heteroatoms. The number of carbonyl (C=O) groups excluding carboxylic acids is 1. The van der Waals surface area contributed by atoms with E-state index in [2.05, 4.69) is 15.7 Å². The average molecular weight is 222 g/mol. The van der Waals surface area contributed by atoms with Gasteiger partial charge in [0, 0.05) is 24.8 Å². The van der Waals surface area contributed by atoms with Crippen molar-refractivity contribution < 1.29 is 4.79 Å². The molecule has 0 bridgehead atoms. The van der Waals surface area contributed by atoms with E-state index in [-0.39, 0.29) is 6.03 Å². The molecule has 1 aromatic rings. The summed E-state index contributed by atoms with van der Waals surface area (Å²) in [5.41, 5.74) is 1.02. The molecule has 0 aliphatic heterocycles. The molecule has 1 aliphatic rings. The minimum Gasteiger partial charge on any atom is -0.335 e. The van der Waals surface area contributed by atoms with Crippen LogP contribution in [0.15, 0.2) is 6.07 Å². The van der Waals surface area contributed by atoms with Gasteiger partial charge in [-0.2, -0.15) is 5.10 Å². The van der Waals surface area contributed by atoms with E-state index in [0.717, 1.165) is 18.5 Å². The largest absolute Gasteiger partial charge is 0.335 e. The Bertz CT molecular complexity index is 360. The number of anilines is 1. The normalized spacial score (nSPS) is 16.4. The van der Waals surface area contributed by atoms with E-state index in [1.807, 2.05) is 20.0 Å². The van der Waals surface area contributed by atoms with Gasteiger partial charge in [-0.15, -0.1) is 0 Å². The Morgan fingerprint density at radius 1 is 1.50 bits per heavy atom. The van der Waals surface area contributed by atoms with Gasteiger partial charge in [0.1, 0.15) is 0 Å². The van der Waals surface area contributed by atoms with Crippen LogP contribution in [0.3, 0.4) is 0 Å². The number of aromatic nitrogens is 2. The summed E-state index contributed by atoms with van der Waals surface area (Å²) < 4.78 is 1.74. The Labute approximate surface area is 95.2 Å². The standard InChI is InChI=1S/C11H18N4O/c1-8-7-10(14-15(8)2)13-11(16)12-9-5-3-4-6-9/h7,9H,3-6H2,1-2H3,(H2,12,13,14,16).